The summed E-state index contributed by atoms with van der Waals surface area (Å²) < 4.78 is 0. The fourth-order valence-corrected chi connectivity index (χ4v) is 3.38. The standard InChI is InChI=1S/C13H18ClN3O2S/c14-12-2-1-3-13(17(18)19)11(12)10-15-4-5-16-6-8-20-9-7-16/h1-3,15H,4-10H2. The first kappa shape index (κ1) is 15.6. The SMILES string of the molecule is O=[N+]([O-])c1cccc(Cl)c1CNCCN1CCSCC1. The minimum Gasteiger partial charge on any atom is -0.311 e. The summed E-state index contributed by atoms with van der Waals surface area (Å²) >= 11 is 8.03. The van der Waals surface area contributed by atoms with Crippen LogP contribution in [0.15, 0.2) is 18.2 Å². The van der Waals surface area contributed by atoms with Crippen molar-refractivity contribution >= 4 is 29.1 Å². The van der Waals surface area contributed by atoms with Crippen molar-refractivity contribution in [1.29, 1.82) is 0 Å². The molecule has 7 heteroatoms. The van der Waals surface area contributed by atoms with E-state index in [9.17, 15) is 10.1 Å². The van der Waals surface area contributed by atoms with Crippen LogP contribution in [0.5, 0.6) is 0 Å². The molecule has 0 radical (unpaired) electrons. The number of hydrogen-bond acceptors (Lipinski definition) is 5. The van der Waals surface area contributed by atoms with Crippen molar-refractivity contribution in [3.8, 4) is 0 Å². The molecule has 0 bridgehead atoms. The third kappa shape index (κ3) is 4.34. The molecule has 2 rings (SSSR count). The highest BCUT2D eigenvalue weighted by Crippen LogP contribution is 2.25. The van der Waals surface area contributed by atoms with E-state index < -0.39 is 0 Å². The van der Waals surface area contributed by atoms with Crippen LogP contribution in [0.3, 0.4) is 0 Å². The first-order chi connectivity index (χ1) is 9.68. The van der Waals surface area contributed by atoms with Gasteiger partial charge in [0.05, 0.1) is 15.5 Å². The molecule has 1 fully saturated rings. The van der Waals surface area contributed by atoms with Crippen LogP contribution in [0.25, 0.3) is 0 Å². The van der Waals surface area contributed by atoms with Crippen molar-refractivity contribution in [2.75, 3.05) is 37.7 Å². The van der Waals surface area contributed by atoms with Gasteiger partial charge in [-0.2, -0.15) is 11.8 Å². The van der Waals surface area contributed by atoms with E-state index in [0.29, 0.717) is 17.1 Å². The van der Waals surface area contributed by atoms with Crippen LogP contribution in [0.2, 0.25) is 5.02 Å². The number of nitro groups is 1. The molecule has 0 atom stereocenters. The van der Waals surface area contributed by atoms with Gasteiger partial charge >= 0.3 is 0 Å². The normalized spacial score (nSPS) is 16.2. The quantitative estimate of drug-likeness (QED) is 0.496. The molecule has 0 spiro atoms. The summed E-state index contributed by atoms with van der Waals surface area (Å²) in [6.45, 7) is 4.46. The molecule has 1 aromatic carbocycles. The van der Waals surface area contributed by atoms with Gasteiger partial charge in [0.25, 0.3) is 5.69 Å². The summed E-state index contributed by atoms with van der Waals surface area (Å²) in [6, 6.07) is 4.79. The van der Waals surface area contributed by atoms with Gasteiger partial charge in [0.15, 0.2) is 0 Å². The van der Waals surface area contributed by atoms with Crippen LogP contribution in [0, 0.1) is 10.1 Å². The van der Waals surface area contributed by atoms with Crippen molar-refractivity contribution < 1.29 is 4.92 Å². The Morgan fingerprint density at radius 1 is 1.40 bits per heavy atom. The Morgan fingerprint density at radius 2 is 2.15 bits per heavy atom. The Kier molecular flexibility index (Phi) is 6.09. The molecule has 110 valence electrons. The maximum Gasteiger partial charge on any atom is 0.275 e. The van der Waals surface area contributed by atoms with Gasteiger partial charge in [0, 0.05) is 50.3 Å². The number of thioether (sulfide) groups is 1. The summed E-state index contributed by atoms with van der Waals surface area (Å²) in [7, 11) is 0. The number of nitro benzene ring substituents is 1. The first-order valence-electron chi connectivity index (χ1n) is 6.61. The lowest BCUT2D eigenvalue weighted by molar-refractivity contribution is -0.385. The van der Waals surface area contributed by atoms with E-state index >= 15 is 0 Å². The molecule has 1 aliphatic heterocycles. The van der Waals surface area contributed by atoms with Gasteiger partial charge < -0.3 is 10.2 Å². The third-order valence-corrected chi connectivity index (χ3v) is 4.60. The van der Waals surface area contributed by atoms with Crippen LogP contribution < -0.4 is 5.32 Å². The van der Waals surface area contributed by atoms with Crippen LogP contribution in [-0.2, 0) is 6.54 Å². The van der Waals surface area contributed by atoms with Gasteiger partial charge in [0.2, 0.25) is 0 Å². The first-order valence-corrected chi connectivity index (χ1v) is 8.14. The molecule has 0 aromatic heterocycles. The van der Waals surface area contributed by atoms with Crippen molar-refractivity contribution in [1.82, 2.24) is 10.2 Å². The predicted octanol–water partition coefficient (Wildman–Crippen LogP) is 2.39. The van der Waals surface area contributed by atoms with E-state index in [4.69, 9.17) is 11.6 Å². The Balaban J connectivity index is 1.83. The minimum absolute atomic E-state index is 0.0828. The second-order valence-corrected chi connectivity index (χ2v) is 6.26. The maximum atomic E-state index is 11.0. The van der Waals surface area contributed by atoms with E-state index in [1.54, 1.807) is 12.1 Å². The van der Waals surface area contributed by atoms with Gasteiger partial charge in [0.1, 0.15) is 0 Å². The Bertz CT molecular complexity index is 467. The summed E-state index contributed by atoms with van der Waals surface area (Å²) in [4.78, 5) is 13.0. The lowest BCUT2D eigenvalue weighted by Gasteiger charge is -2.26. The third-order valence-electron chi connectivity index (χ3n) is 3.30. The van der Waals surface area contributed by atoms with E-state index in [1.165, 1.54) is 17.6 Å². The van der Waals surface area contributed by atoms with E-state index in [0.717, 1.165) is 26.2 Å². The molecule has 20 heavy (non-hydrogen) atoms. The molecule has 1 N–H and O–H groups in total. The average Bonchev–Trinajstić information content (AvgIpc) is 2.45. The minimum atomic E-state index is -0.384. The molecular weight excluding hydrogens is 298 g/mol. The lowest BCUT2D eigenvalue weighted by Crippen LogP contribution is -2.37. The van der Waals surface area contributed by atoms with Crippen molar-refractivity contribution in [2.24, 2.45) is 0 Å². The topological polar surface area (TPSA) is 58.4 Å². The van der Waals surface area contributed by atoms with Gasteiger partial charge in [-0.3, -0.25) is 10.1 Å². The fraction of sp³-hybridized carbons (Fsp3) is 0.538. The van der Waals surface area contributed by atoms with Crippen molar-refractivity contribution in [3.63, 3.8) is 0 Å². The molecule has 0 amide bonds. The molecule has 1 aliphatic rings. The molecule has 5 nitrogen and oxygen atoms in total. The number of benzene rings is 1. The summed E-state index contributed by atoms with van der Waals surface area (Å²) in [5, 5.41) is 14.7. The monoisotopic (exact) mass is 315 g/mol. The zero-order chi connectivity index (χ0) is 14.4. The average molecular weight is 316 g/mol. The Labute approximate surface area is 127 Å². The smallest absolute Gasteiger partial charge is 0.275 e. The van der Waals surface area contributed by atoms with Gasteiger partial charge in [-0.1, -0.05) is 17.7 Å². The second kappa shape index (κ2) is 7.83. The van der Waals surface area contributed by atoms with Gasteiger partial charge in [-0.15, -0.1) is 0 Å². The highest BCUT2D eigenvalue weighted by molar-refractivity contribution is 7.99. The molecule has 0 unspecified atom stereocenters. The molecule has 0 saturated carbocycles. The van der Waals surface area contributed by atoms with Crippen molar-refractivity contribution in [3.05, 3.63) is 38.9 Å². The second-order valence-electron chi connectivity index (χ2n) is 4.63. The molecule has 1 saturated heterocycles. The summed E-state index contributed by atoms with van der Waals surface area (Å²) in [5.74, 6) is 2.38. The molecule has 0 aliphatic carbocycles. The number of hydrogen-bond donors (Lipinski definition) is 1. The zero-order valence-electron chi connectivity index (χ0n) is 11.2. The van der Waals surface area contributed by atoms with Crippen LogP contribution in [0.4, 0.5) is 5.69 Å². The zero-order valence-corrected chi connectivity index (χ0v) is 12.8. The Hall–Kier alpha value is -0.820. The van der Waals surface area contributed by atoms with E-state index in [1.807, 2.05) is 11.8 Å². The van der Waals surface area contributed by atoms with Crippen LogP contribution in [-0.4, -0.2) is 47.5 Å². The summed E-state index contributed by atoms with van der Waals surface area (Å²) in [5.41, 5.74) is 0.646. The lowest BCUT2D eigenvalue weighted by atomic mass is 10.2. The van der Waals surface area contributed by atoms with Gasteiger partial charge in [-0.25, -0.2) is 0 Å². The number of nitrogens with one attached hydrogen (secondary N) is 1. The largest absolute Gasteiger partial charge is 0.311 e. The fourth-order valence-electron chi connectivity index (χ4n) is 2.17. The number of nitrogens with zero attached hydrogens (tertiary/aromatic N) is 2. The number of rotatable bonds is 6. The van der Waals surface area contributed by atoms with E-state index in [2.05, 4.69) is 10.2 Å². The van der Waals surface area contributed by atoms with Gasteiger partial charge in [-0.05, 0) is 6.07 Å². The highest BCUT2D eigenvalue weighted by Gasteiger charge is 2.16. The molecular formula is C13H18ClN3O2S. The summed E-state index contributed by atoms with van der Waals surface area (Å²) in [6.07, 6.45) is 0. The van der Waals surface area contributed by atoms with Crippen molar-refractivity contribution in [2.45, 2.75) is 6.54 Å². The molecule has 1 heterocycles. The van der Waals surface area contributed by atoms with E-state index in [-0.39, 0.29) is 10.6 Å². The maximum absolute atomic E-state index is 11.0. The Morgan fingerprint density at radius 3 is 2.85 bits per heavy atom. The highest BCUT2D eigenvalue weighted by atomic mass is 35.5. The number of halogens is 1. The molecule has 1 aromatic rings. The predicted molar refractivity (Wildman–Crippen MR) is 83.6 cm³/mol. The van der Waals surface area contributed by atoms with Crippen LogP contribution in [0.1, 0.15) is 5.56 Å². The van der Waals surface area contributed by atoms with Crippen LogP contribution >= 0.6 is 23.4 Å².